The molecule has 1 aromatic heterocycles. The maximum Gasteiger partial charge on any atom is 0.201 e. The molecule has 0 fully saturated rings. The number of rotatable bonds is 3. The molecule has 7 nitrogen and oxygen atoms in total. The molecule has 0 radical (unpaired) electrons. The molecule has 4 rings (SSSR count). The van der Waals surface area contributed by atoms with Crippen LogP contribution < -0.4 is 0 Å². The number of thioether (sulfide) groups is 1. The number of aromatic nitrogens is 3. The third-order valence-electron chi connectivity index (χ3n) is 3.93. The summed E-state index contributed by atoms with van der Waals surface area (Å²) in [4.78, 5) is 29.4. The number of hydrogen-bond donors (Lipinski definition) is 3. The van der Waals surface area contributed by atoms with Crippen LogP contribution in [-0.2, 0) is 5.75 Å². The zero-order valence-electron chi connectivity index (χ0n) is 12.7. The van der Waals surface area contributed by atoms with Crippen molar-refractivity contribution in [3.63, 3.8) is 0 Å². The number of nitrogens with one attached hydrogen (secondary N) is 1. The summed E-state index contributed by atoms with van der Waals surface area (Å²) in [6.45, 7) is 0. The third-order valence-corrected chi connectivity index (χ3v) is 4.88. The fraction of sp³-hybridized carbons (Fsp3) is 0.0588. The highest BCUT2D eigenvalue weighted by atomic mass is 32.2. The van der Waals surface area contributed by atoms with Gasteiger partial charge in [0.15, 0.2) is 10.9 Å². The summed E-state index contributed by atoms with van der Waals surface area (Å²) < 4.78 is 0. The molecule has 124 valence electrons. The van der Waals surface area contributed by atoms with Gasteiger partial charge in [-0.15, -0.1) is 0 Å². The quantitative estimate of drug-likeness (QED) is 0.484. The van der Waals surface area contributed by atoms with E-state index in [9.17, 15) is 19.8 Å². The molecule has 0 unspecified atom stereocenters. The minimum absolute atomic E-state index is 0.0703. The first-order valence-electron chi connectivity index (χ1n) is 7.31. The number of H-pyrrole nitrogens is 1. The number of carbonyl (C=O) groups excluding carboxylic acids is 2. The van der Waals surface area contributed by atoms with E-state index in [-0.39, 0.29) is 33.8 Å². The van der Waals surface area contributed by atoms with Crippen LogP contribution in [0.5, 0.6) is 11.5 Å². The minimum atomic E-state index is -0.561. The lowest BCUT2D eigenvalue weighted by molar-refractivity contribution is 0.0974. The van der Waals surface area contributed by atoms with Gasteiger partial charge in [-0.3, -0.25) is 14.7 Å². The standard InChI is InChI=1S/C17H11N3O4S/c21-11-3-1-2-9-13(11)16(24)14-10(15(9)23)4-8(5-12(14)22)6-25-17-18-7-19-20-17/h1-5,7,21-22H,6H2,(H,18,19,20). The van der Waals surface area contributed by atoms with Gasteiger partial charge in [0.05, 0.1) is 11.1 Å². The first-order chi connectivity index (χ1) is 12.1. The number of ketones is 2. The molecule has 0 bridgehead atoms. The molecule has 0 saturated carbocycles. The van der Waals surface area contributed by atoms with Crippen LogP contribution in [-0.4, -0.2) is 37.0 Å². The number of carbonyl (C=O) groups is 2. The molecule has 3 aromatic rings. The fourth-order valence-electron chi connectivity index (χ4n) is 2.84. The Kier molecular flexibility index (Phi) is 3.54. The van der Waals surface area contributed by atoms with Crippen molar-refractivity contribution in [2.75, 3.05) is 0 Å². The van der Waals surface area contributed by atoms with E-state index in [1.165, 1.54) is 42.4 Å². The van der Waals surface area contributed by atoms with Crippen molar-refractivity contribution in [3.8, 4) is 11.5 Å². The molecule has 1 heterocycles. The molecule has 2 aromatic carbocycles. The van der Waals surface area contributed by atoms with Crippen LogP contribution in [0.15, 0.2) is 41.8 Å². The van der Waals surface area contributed by atoms with Gasteiger partial charge in [0.1, 0.15) is 17.8 Å². The second-order valence-corrected chi connectivity index (χ2v) is 6.44. The Labute approximate surface area is 145 Å². The number of aromatic amines is 1. The Balaban J connectivity index is 1.77. The summed E-state index contributed by atoms with van der Waals surface area (Å²) in [7, 11) is 0. The normalized spacial score (nSPS) is 12.8. The van der Waals surface area contributed by atoms with Gasteiger partial charge in [0.2, 0.25) is 5.78 Å². The van der Waals surface area contributed by atoms with E-state index in [1.807, 2.05) is 0 Å². The molecule has 0 saturated heterocycles. The van der Waals surface area contributed by atoms with Crippen molar-refractivity contribution in [1.29, 1.82) is 0 Å². The van der Waals surface area contributed by atoms with Crippen molar-refractivity contribution in [2.45, 2.75) is 10.9 Å². The molecule has 0 spiro atoms. The number of fused-ring (bicyclic) bond motifs is 2. The predicted octanol–water partition coefficient (Wildman–Crippen LogP) is 2.28. The van der Waals surface area contributed by atoms with E-state index in [2.05, 4.69) is 15.2 Å². The average molecular weight is 353 g/mol. The molecule has 0 amide bonds. The van der Waals surface area contributed by atoms with E-state index >= 15 is 0 Å². The zero-order valence-corrected chi connectivity index (χ0v) is 13.5. The smallest absolute Gasteiger partial charge is 0.201 e. The van der Waals surface area contributed by atoms with Gasteiger partial charge in [-0.1, -0.05) is 23.9 Å². The highest BCUT2D eigenvalue weighted by Gasteiger charge is 2.34. The predicted molar refractivity (Wildman–Crippen MR) is 89.0 cm³/mol. The molecular weight excluding hydrogens is 342 g/mol. The number of benzene rings is 2. The van der Waals surface area contributed by atoms with Crippen LogP contribution in [0.25, 0.3) is 0 Å². The summed E-state index contributed by atoms with van der Waals surface area (Å²) in [6, 6.07) is 7.37. The Morgan fingerprint density at radius 2 is 1.80 bits per heavy atom. The molecule has 1 aliphatic rings. The van der Waals surface area contributed by atoms with E-state index in [1.54, 1.807) is 6.07 Å². The van der Waals surface area contributed by atoms with Crippen LogP contribution in [0.2, 0.25) is 0 Å². The van der Waals surface area contributed by atoms with Crippen molar-refractivity contribution < 1.29 is 19.8 Å². The molecule has 25 heavy (non-hydrogen) atoms. The Hall–Kier alpha value is -3.13. The second-order valence-electron chi connectivity index (χ2n) is 5.47. The SMILES string of the molecule is O=C1c2cccc(O)c2C(=O)c2c(O)cc(CSc3ncn[nH]3)cc21. The lowest BCUT2D eigenvalue weighted by Gasteiger charge is -2.20. The van der Waals surface area contributed by atoms with Gasteiger partial charge in [-0.2, -0.15) is 5.10 Å². The van der Waals surface area contributed by atoms with Gasteiger partial charge < -0.3 is 10.2 Å². The van der Waals surface area contributed by atoms with Gasteiger partial charge in [0, 0.05) is 16.9 Å². The topological polar surface area (TPSA) is 116 Å². The Bertz CT molecular complexity index is 1010. The highest BCUT2D eigenvalue weighted by Crippen LogP contribution is 2.37. The number of nitrogens with zero attached hydrogens (tertiary/aromatic N) is 2. The monoisotopic (exact) mass is 353 g/mol. The molecular formula is C17H11N3O4S. The molecule has 0 aliphatic heterocycles. The minimum Gasteiger partial charge on any atom is -0.507 e. The van der Waals surface area contributed by atoms with Gasteiger partial charge in [0.25, 0.3) is 0 Å². The highest BCUT2D eigenvalue weighted by molar-refractivity contribution is 7.98. The van der Waals surface area contributed by atoms with Crippen molar-refractivity contribution in [3.05, 3.63) is 64.5 Å². The largest absolute Gasteiger partial charge is 0.507 e. The first-order valence-corrected chi connectivity index (χ1v) is 8.30. The van der Waals surface area contributed by atoms with Crippen LogP contribution in [0.3, 0.4) is 0 Å². The van der Waals surface area contributed by atoms with Crippen molar-refractivity contribution in [2.24, 2.45) is 0 Å². The van der Waals surface area contributed by atoms with E-state index in [0.29, 0.717) is 16.5 Å². The molecule has 8 heteroatoms. The average Bonchev–Trinajstić information content (AvgIpc) is 3.10. The summed E-state index contributed by atoms with van der Waals surface area (Å²) >= 11 is 1.35. The number of phenolic OH excluding ortho intramolecular Hbond substituents is 2. The van der Waals surface area contributed by atoms with E-state index in [4.69, 9.17) is 0 Å². The maximum atomic E-state index is 12.7. The lowest BCUT2D eigenvalue weighted by atomic mass is 9.82. The summed E-state index contributed by atoms with van der Waals surface area (Å²) in [5.74, 6) is -1.08. The van der Waals surface area contributed by atoms with Gasteiger partial charge >= 0.3 is 0 Å². The van der Waals surface area contributed by atoms with Crippen LogP contribution >= 0.6 is 11.8 Å². The summed E-state index contributed by atoms with van der Waals surface area (Å²) in [5, 5.41) is 27.3. The number of phenols is 2. The van der Waals surface area contributed by atoms with Crippen LogP contribution in [0.4, 0.5) is 0 Å². The third kappa shape index (κ3) is 2.47. The Morgan fingerprint density at radius 1 is 1.00 bits per heavy atom. The van der Waals surface area contributed by atoms with Crippen LogP contribution in [0, 0.1) is 0 Å². The number of aromatic hydroxyl groups is 2. The van der Waals surface area contributed by atoms with E-state index in [0.717, 1.165) is 0 Å². The lowest BCUT2D eigenvalue weighted by Crippen LogP contribution is -2.21. The second kappa shape index (κ2) is 5.75. The summed E-state index contributed by atoms with van der Waals surface area (Å²) in [5.41, 5.74) is 0.794. The fourth-order valence-corrected chi connectivity index (χ4v) is 3.55. The molecule has 0 atom stereocenters. The van der Waals surface area contributed by atoms with E-state index < -0.39 is 11.6 Å². The molecule has 3 N–H and O–H groups in total. The van der Waals surface area contributed by atoms with Crippen LogP contribution in [0.1, 0.15) is 37.4 Å². The van der Waals surface area contributed by atoms with Crippen molar-refractivity contribution >= 4 is 23.3 Å². The zero-order chi connectivity index (χ0) is 17.6. The number of hydrogen-bond acceptors (Lipinski definition) is 7. The van der Waals surface area contributed by atoms with Gasteiger partial charge in [-0.05, 0) is 23.8 Å². The maximum absolute atomic E-state index is 12.7. The molecule has 1 aliphatic carbocycles. The van der Waals surface area contributed by atoms with Gasteiger partial charge in [-0.25, -0.2) is 4.98 Å². The summed E-state index contributed by atoms with van der Waals surface area (Å²) in [6.07, 6.45) is 1.39. The van der Waals surface area contributed by atoms with Crippen molar-refractivity contribution in [1.82, 2.24) is 15.2 Å². The Morgan fingerprint density at radius 3 is 2.56 bits per heavy atom. The first kappa shape index (κ1) is 15.4.